The molecule has 2 amide bonds. The van der Waals surface area contributed by atoms with Crippen molar-refractivity contribution in [1.82, 2.24) is 15.5 Å². The van der Waals surface area contributed by atoms with Gasteiger partial charge < -0.3 is 15.4 Å². The predicted octanol–water partition coefficient (Wildman–Crippen LogP) is 3.08. The van der Waals surface area contributed by atoms with Gasteiger partial charge in [0.15, 0.2) is 0 Å². The van der Waals surface area contributed by atoms with Gasteiger partial charge in [-0.25, -0.2) is 4.39 Å². The standard InChI is InChI=1S/C21H23F6N3O3/c22-14-3-13(4-15(5-14)33-18(23)24)17(32)28-8-12-6-19(7-12)10-30(11-19)9-16(31)29-20(1-2-20)21(25,26)27/h3-5,12,18H,1-2,6-11H2,(H,28,32)(H,29,31). The predicted molar refractivity (Wildman–Crippen MR) is 103 cm³/mol. The third-order valence-electron chi connectivity index (χ3n) is 6.51. The van der Waals surface area contributed by atoms with Crippen LogP contribution in [-0.4, -0.2) is 61.2 Å². The van der Waals surface area contributed by atoms with Crippen molar-refractivity contribution < 1.29 is 40.7 Å². The summed E-state index contributed by atoms with van der Waals surface area (Å²) in [4.78, 5) is 26.0. The lowest BCUT2D eigenvalue weighted by molar-refractivity contribution is -0.172. The second kappa shape index (κ2) is 8.37. The molecule has 1 aromatic rings. The fourth-order valence-corrected chi connectivity index (χ4v) is 4.90. The molecule has 33 heavy (non-hydrogen) atoms. The van der Waals surface area contributed by atoms with Crippen molar-refractivity contribution in [3.63, 3.8) is 0 Å². The Bertz CT molecular complexity index is 920. The molecule has 0 bridgehead atoms. The van der Waals surface area contributed by atoms with Crippen LogP contribution in [0.15, 0.2) is 18.2 Å². The van der Waals surface area contributed by atoms with E-state index < -0.39 is 41.7 Å². The van der Waals surface area contributed by atoms with Gasteiger partial charge in [-0.15, -0.1) is 0 Å². The largest absolute Gasteiger partial charge is 0.435 e. The third kappa shape index (κ3) is 5.20. The van der Waals surface area contributed by atoms with E-state index in [0.29, 0.717) is 19.6 Å². The van der Waals surface area contributed by atoms with Gasteiger partial charge in [-0.3, -0.25) is 14.5 Å². The molecule has 1 aliphatic heterocycles. The number of benzene rings is 1. The Morgan fingerprint density at radius 1 is 1.15 bits per heavy atom. The first-order chi connectivity index (χ1) is 15.4. The molecule has 6 nitrogen and oxygen atoms in total. The molecule has 2 N–H and O–H groups in total. The second-order valence-corrected chi connectivity index (χ2v) is 9.31. The van der Waals surface area contributed by atoms with E-state index in [1.54, 1.807) is 4.90 Å². The van der Waals surface area contributed by atoms with Gasteiger partial charge in [-0.1, -0.05) is 0 Å². The first-order valence-electron chi connectivity index (χ1n) is 10.5. The number of amides is 2. The minimum atomic E-state index is -4.44. The van der Waals surface area contributed by atoms with Crippen molar-refractivity contribution in [3.05, 3.63) is 29.6 Å². The summed E-state index contributed by atoms with van der Waals surface area (Å²) in [5, 5.41) is 4.77. The molecule has 3 fully saturated rings. The number of likely N-dealkylation sites (tertiary alicyclic amines) is 1. The van der Waals surface area contributed by atoms with E-state index in [1.807, 2.05) is 0 Å². The molecule has 0 aromatic heterocycles. The first-order valence-corrected chi connectivity index (χ1v) is 10.5. The maximum Gasteiger partial charge on any atom is 0.411 e. The number of carbonyl (C=O) groups is 2. The van der Waals surface area contributed by atoms with E-state index >= 15 is 0 Å². The van der Waals surface area contributed by atoms with Crippen LogP contribution < -0.4 is 15.4 Å². The Kier molecular flexibility index (Phi) is 6.00. The van der Waals surface area contributed by atoms with Gasteiger partial charge in [0, 0.05) is 31.3 Å². The van der Waals surface area contributed by atoms with Gasteiger partial charge in [-0.05, 0) is 49.1 Å². The van der Waals surface area contributed by atoms with Crippen LogP contribution in [0.25, 0.3) is 0 Å². The van der Waals surface area contributed by atoms with Crippen LogP contribution in [0.5, 0.6) is 5.75 Å². The van der Waals surface area contributed by atoms with E-state index in [1.165, 1.54) is 0 Å². The molecule has 1 aromatic carbocycles. The maximum atomic E-state index is 13.6. The molecular formula is C21H23F6N3O3. The van der Waals surface area contributed by atoms with Crippen molar-refractivity contribution in [2.75, 3.05) is 26.2 Å². The fourth-order valence-electron chi connectivity index (χ4n) is 4.90. The van der Waals surface area contributed by atoms with Gasteiger partial charge in [-0.2, -0.15) is 22.0 Å². The number of nitrogens with one attached hydrogen (secondary N) is 2. The molecule has 0 unspecified atom stereocenters. The van der Waals surface area contributed by atoms with Gasteiger partial charge in [0.25, 0.3) is 5.91 Å². The monoisotopic (exact) mass is 479 g/mol. The number of nitrogens with zero attached hydrogens (tertiary/aromatic N) is 1. The van der Waals surface area contributed by atoms with Crippen LogP contribution in [0.1, 0.15) is 36.0 Å². The molecule has 0 atom stereocenters. The van der Waals surface area contributed by atoms with Crippen LogP contribution in [0.4, 0.5) is 26.3 Å². The maximum absolute atomic E-state index is 13.6. The molecule has 2 saturated carbocycles. The Morgan fingerprint density at radius 3 is 2.39 bits per heavy atom. The Morgan fingerprint density at radius 2 is 1.82 bits per heavy atom. The average molecular weight is 479 g/mol. The lowest BCUT2D eigenvalue weighted by atomic mass is 9.57. The molecule has 4 rings (SSSR count). The highest BCUT2D eigenvalue weighted by atomic mass is 19.4. The molecule has 3 aliphatic rings. The fraction of sp³-hybridized carbons (Fsp3) is 0.619. The smallest absolute Gasteiger partial charge is 0.411 e. The molecule has 1 heterocycles. The van der Waals surface area contributed by atoms with E-state index in [-0.39, 0.29) is 36.3 Å². The Labute approximate surface area is 185 Å². The summed E-state index contributed by atoms with van der Waals surface area (Å²) in [6, 6.07) is 2.72. The van der Waals surface area contributed by atoms with Crippen LogP contribution in [0, 0.1) is 17.2 Å². The summed E-state index contributed by atoms with van der Waals surface area (Å²) in [5.41, 5.74) is -2.19. The molecule has 1 saturated heterocycles. The summed E-state index contributed by atoms with van der Waals surface area (Å²) in [7, 11) is 0. The number of halogens is 6. The number of alkyl halides is 5. The topological polar surface area (TPSA) is 70.7 Å². The highest BCUT2D eigenvalue weighted by molar-refractivity contribution is 5.94. The van der Waals surface area contributed by atoms with Gasteiger partial charge >= 0.3 is 12.8 Å². The average Bonchev–Trinajstić information content (AvgIpc) is 3.40. The molecule has 0 radical (unpaired) electrons. The molecule has 2 aliphatic carbocycles. The molecule has 12 heteroatoms. The highest BCUT2D eigenvalue weighted by Crippen LogP contribution is 2.52. The van der Waals surface area contributed by atoms with Crippen molar-refractivity contribution in [1.29, 1.82) is 0 Å². The van der Waals surface area contributed by atoms with E-state index in [2.05, 4.69) is 15.4 Å². The Balaban J connectivity index is 1.17. The zero-order valence-electron chi connectivity index (χ0n) is 17.5. The van der Waals surface area contributed by atoms with Crippen molar-refractivity contribution in [2.45, 2.75) is 44.0 Å². The quantitative estimate of drug-likeness (QED) is 0.563. The molecular weight excluding hydrogens is 456 g/mol. The number of hydrogen-bond donors (Lipinski definition) is 2. The number of hydrogen-bond acceptors (Lipinski definition) is 4. The van der Waals surface area contributed by atoms with Crippen molar-refractivity contribution in [3.8, 4) is 5.75 Å². The number of carbonyl (C=O) groups excluding carboxylic acids is 2. The van der Waals surface area contributed by atoms with E-state index in [0.717, 1.165) is 31.0 Å². The van der Waals surface area contributed by atoms with Crippen LogP contribution in [0.2, 0.25) is 0 Å². The highest BCUT2D eigenvalue weighted by Gasteiger charge is 2.64. The lowest BCUT2D eigenvalue weighted by Gasteiger charge is -2.59. The third-order valence-corrected chi connectivity index (χ3v) is 6.51. The summed E-state index contributed by atoms with van der Waals surface area (Å²) in [6.07, 6.45) is -3.05. The molecule has 182 valence electrons. The van der Waals surface area contributed by atoms with Gasteiger partial charge in [0.05, 0.1) is 6.54 Å². The lowest BCUT2D eigenvalue weighted by Crippen LogP contribution is -2.65. The minimum absolute atomic E-state index is 0.00585. The van der Waals surface area contributed by atoms with Crippen LogP contribution >= 0.6 is 0 Å². The SMILES string of the molecule is O=C(CN1CC2(CC(CNC(=O)c3cc(F)cc(OC(F)F)c3)C2)C1)NC1(C(F)(F)F)CC1. The van der Waals surface area contributed by atoms with Crippen molar-refractivity contribution >= 4 is 11.8 Å². The van der Waals surface area contributed by atoms with E-state index in [9.17, 15) is 35.9 Å². The van der Waals surface area contributed by atoms with E-state index in [4.69, 9.17) is 0 Å². The summed E-state index contributed by atoms with van der Waals surface area (Å²) in [6.45, 7) is -1.70. The summed E-state index contributed by atoms with van der Waals surface area (Å²) in [5.74, 6) is -2.40. The molecule has 1 spiro atoms. The van der Waals surface area contributed by atoms with Gasteiger partial charge in [0.2, 0.25) is 5.91 Å². The van der Waals surface area contributed by atoms with Crippen molar-refractivity contribution in [2.24, 2.45) is 11.3 Å². The van der Waals surface area contributed by atoms with Crippen LogP contribution in [-0.2, 0) is 4.79 Å². The Hall–Kier alpha value is -2.50. The summed E-state index contributed by atoms with van der Waals surface area (Å²) >= 11 is 0. The second-order valence-electron chi connectivity index (χ2n) is 9.31. The zero-order valence-corrected chi connectivity index (χ0v) is 17.5. The number of ether oxygens (including phenoxy) is 1. The van der Waals surface area contributed by atoms with Gasteiger partial charge in [0.1, 0.15) is 17.1 Å². The first kappa shape index (κ1) is 23.7. The summed E-state index contributed by atoms with van der Waals surface area (Å²) < 4.78 is 81.1. The number of rotatable bonds is 8. The normalized spacial score (nSPS) is 21.3. The minimum Gasteiger partial charge on any atom is -0.435 e. The van der Waals surface area contributed by atoms with Crippen LogP contribution in [0.3, 0.4) is 0 Å². The zero-order chi connectivity index (χ0) is 24.0.